The van der Waals surface area contributed by atoms with Gasteiger partial charge in [-0.2, -0.15) is 0 Å². The van der Waals surface area contributed by atoms with Crippen molar-refractivity contribution >= 4 is 0 Å². The molecule has 0 aromatic carbocycles. The van der Waals surface area contributed by atoms with E-state index in [4.69, 9.17) is 4.74 Å². The molecule has 0 aromatic rings. The second-order valence-corrected chi connectivity index (χ2v) is 9.29. The van der Waals surface area contributed by atoms with Crippen molar-refractivity contribution in [3.63, 3.8) is 0 Å². The lowest BCUT2D eigenvalue weighted by molar-refractivity contribution is -0.0635. The van der Waals surface area contributed by atoms with Crippen LogP contribution in [0.15, 0.2) is 23.5 Å². The van der Waals surface area contributed by atoms with Crippen LogP contribution < -0.4 is 0 Å². The van der Waals surface area contributed by atoms with Gasteiger partial charge in [-0.1, -0.05) is 26.8 Å². The predicted molar refractivity (Wildman–Crippen MR) is 97.4 cm³/mol. The molecule has 0 radical (unpaired) electrons. The molecular formula is C22H34O2. The largest absolute Gasteiger partial charge is 0.498 e. The third kappa shape index (κ3) is 2.32. The monoisotopic (exact) mass is 330 g/mol. The van der Waals surface area contributed by atoms with E-state index in [-0.39, 0.29) is 11.5 Å². The van der Waals surface area contributed by atoms with Gasteiger partial charge >= 0.3 is 0 Å². The van der Waals surface area contributed by atoms with Crippen molar-refractivity contribution in [1.29, 1.82) is 0 Å². The molecule has 134 valence electrons. The van der Waals surface area contributed by atoms with Crippen LogP contribution in [0, 0.1) is 28.6 Å². The highest BCUT2D eigenvalue weighted by Gasteiger charge is 2.58. The fourth-order valence-corrected chi connectivity index (χ4v) is 6.62. The number of allylic oxidation sites excluding steroid dienone is 4. The molecule has 3 unspecified atom stereocenters. The fourth-order valence-electron chi connectivity index (χ4n) is 6.62. The molecular weight excluding hydrogens is 296 g/mol. The van der Waals surface area contributed by atoms with Crippen LogP contribution in [0.25, 0.3) is 0 Å². The van der Waals surface area contributed by atoms with Gasteiger partial charge < -0.3 is 9.84 Å². The maximum absolute atomic E-state index is 10.5. The third-order valence-corrected chi connectivity index (χ3v) is 8.17. The molecule has 0 aliphatic heterocycles. The van der Waals surface area contributed by atoms with Gasteiger partial charge in [0.1, 0.15) is 0 Å². The number of fused-ring (bicyclic) bond motifs is 5. The molecule has 0 amide bonds. The average molecular weight is 331 g/mol. The Morgan fingerprint density at radius 1 is 1.17 bits per heavy atom. The lowest BCUT2D eigenvalue weighted by Gasteiger charge is -2.56. The van der Waals surface area contributed by atoms with Crippen LogP contribution in [0.5, 0.6) is 0 Å². The topological polar surface area (TPSA) is 29.5 Å². The van der Waals surface area contributed by atoms with Crippen molar-refractivity contribution in [3.8, 4) is 0 Å². The highest BCUT2D eigenvalue weighted by atomic mass is 16.5. The first-order valence-electron chi connectivity index (χ1n) is 10.2. The Morgan fingerprint density at radius 2 is 2.00 bits per heavy atom. The second kappa shape index (κ2) is 5.90. The molecule has 0 spiro atoms. The van der Waals surface area contributed by atoms with Gasteiger partial charge in [0, 0.05) is 6.42 Å². The van der Waals surface area contributed by atoms with E-state index < -0.39 is 0 Å². The van der Waals surface area contributed by atoms with Gasteiger partial charge in [-0.05, 0) is 85.2 Å². The highest BCUT2D eigenvalue weighted by Crippen LogP contribution is 2.64. The van der Waals surface area contributed by atoms with E-state index in [9.17, 15) is 5.11 Å². The van der Waals surface area contributed by atoms with Crippen molar-refractivity contribution in [1.82, 2.24) is 0 Å². The van der Waals surface area contributed by atoms with Crippen LogP contribution in [0.1, 0.15) is 72.1 Å². The van der Waals surface area contributed by atoms with Crippen molar-refractivity contribution < 1.29 is 9.84 Å². The van der Waals surface area contributed by atoms with Crippen LogP contribution in [-0.2, 0) is 4.74 Å². The summed E-state index contributed by atoms with van der Waals surface area (Å²) in [6, 6.07) is 0. The molecule has 0 bridgehead atoms. The predicted octanol–water partition coefficient (Wildman–Crippen LogP) is 5.23. The Hall–Kier alpha value is -0.760. The first kappa shape index (κ1) is 16.7. The van der Waals surface area contributed by atoms with Crippen molar-refractivity contribution in [3.05, 3.63) is 23.5 Å². The van der Waals surface area contributed by atoms with Crippen LogP contribution in [0.4, 0.5) is 0 Å². The molecule has 6 atom stereocenters. The summed E-state index contributed by atoms with van der Waals surface area (Å²) in [4.78, 5) is 0. The minimum atomic E-state index is -0.0677. The molecule has 2 nitrogen and oxygen atoms in total. The van der Waals surface area contributed by atoms with Gasteiger partial charge in [0.05, 0.1) is 18.5 Å². The number of aliphatic hydroxyl groups is 1. The standard InChI is InChI=1S/C22H34O2/c1-4-13-24-16-9-11-21(2)15(14-16)5-6-17-18-7-8-20(23)22(18,3)12-10-19(17)21/h5,14,17-20,23H,4,6-13H2,1-3H3/t17?,18?,19?,20-,21-,22-/m0/s1. The quantitative estimate of drug-likeness (QED) is 0.767. The van der Waals surface area contributed by atoms with Crippen LogP contribution in [-0.4, -0.2) is 17.8 Å². The van der Waals surface area contributed by atoms with E-state index in [1.54, 1.807) is 5.57 Å². The molecule has 24 heavy (non-hydrogen) atoms. The number of hydrogen-bond donors (Lipinski definition) is 1. The van der Waals surface area contributed by atoms with Crippen molar-refractivity contribution in [2.24, 2.45) is 28.6 Å². The molecule has 1 N–H and O–H groups in total. The molecule has 2 fully saturated rings. The Balaban J connectivity index is 1.61. The smallest absolute Gasteiger partial charge is 0.0962 e. The van der Waals surface area contributed by atoms with Gasteiger partial charge in [0.2, 0.25) is 0 Å². The van der Waals surface area contributed by atoms with E-state index in [1.807, 2.05) is 0 Å². The molecule has 2 heteroatoms. The van der Waals surface area contributed by atoms with E-state index in [0.29, 0.717) is 5.41 Å². The average Bonchev–Trinajstić information content (AvgIpc) is 2.88. The molecule has 4 aliphatic rings. The number of hydrogen-bond acceptors (Lipinski definition) is 2. The molecule has 2 saturated carbocycles. The SMILES string of the molecule is CCCOC1=CC2=CCC3C(CC[C@@]4(C)C3CC[C@@H]4O)[C@@]2(C)CC1. The van der Waals surface area contributed by atoms with Gasteiger partial charge in [0.15, 0.2) is 0 Å². The summed E-state index contributed by atoms with van der Waals surface area (Å²) in [6.45, 7) is 7.90. The molecule has 4 aliphatic carbocycles. The highest BCUT2D eigenvalue weighted by molar-refractivity contribution is 5.35. The summed E-state index contributed by atoms with van der Waals surface area (Å²) in [6.07, 6.45) is 14.2. The zero-order chi connectivity index (χ0) is 16.9. The maximum Gasteiger partial charge on any atom is 0.0962 e. The van der Waals surface area contributed by atoms with E-state index in [2.05, 4.69) is 32.9 Å². The van der Waals surface area contributed by atoms with E-state index >= 15 is 0 Å². The third-order valence-electron chi connectivity index (χ3n) is 8.17. The summed E-state index contributed by atoms with van der Waals surface area (Å²) in [7, 11) is 0. The zero-order valence-corrected chi connectivity index (χ0v) is 15.7. The van der Waals surface area contributed by atoms with Crippen LogP contribution in [0.2, 0.25) is 0 Å². The number of aliphatic hydroxyl groups excluding tert-OH is 1. The zero-order valence-electron chi connectivity index (χ0n) is 15.7. The first-order valence-corrected chi connectivity index (χ1v) is 10.2. The minimum Gasteiger partial charge on any atom is -0.498 e. The number of ether oxygens (including phenoxy) is 1. The maximum atomic E-state index is 10.5. The molecule has 0 heterocycles. The van der Waals surface area contributed by atoms with Gasteiger partial charge in [-0.15, -0.1) is 0 Å². The van der Waals surface area contributed by atoms with E-state index in [0.717, 1.165) is 43.6 Å². The number of rotatable bonds is 3. The van der Waals surface area contributed by atoms with E-state index in [1.165, 1.54) is 37.9 Å². The summed E-state index contributed by atoms with van der Waals surface area (Å²) in [5.74, 6) is 3.50. The Labute approximate surface area is 147 Å². The molecule has 0 saturated heterocycles. The second-order valence-electron chi connectivity index (χ2n) is 9.29. The normalized spacial score (nSPS) is 47.2. The lowest BCUT2D eigenvalue weighted by atomic mass is 9.48. The minimum absolute atomic E-state index is 0.0677. The van der Waals surface area contributed by atoms with Gasteiger partial charge in [0.25, 0.3) is 0 Å². The summed E-state index contributed by atoms with van der Waals surface area (Å²) in [5, 5.41) is 10.5. The Morgan fingerprint density at radius 3 is 2.79 bits per heavy atom. The van der Waals surface area contributed by atoms with Gasteiger partial charge in [-0.3, -0.25) is 0 Å². The van der Waals surface area contributed by atoms with Crippen LogP contribution in [0.3, 0.4) is 0 Å². The van der Waals surface area contributed by atoms with Crippen molar-refractivity contribution in [2.45, 2.75) is 78.2 Å². The molecule has 4 rings (SSSR count). The summed E-state index contributed by atoms with van der Waals surface area (Å²) < 4.78 is 5.95. The summed E-state index contributed by atoms with van der Waals surface area (Å²) in [5.41, 5.74) is 2.06. The van der Waals surface area contributed by atoms with Crippen molar-refractivity contribution in [2.75, 3.05) is 6.61 Å². The molecule has 0 aromatic heterocycles. The Bertz CT molecular complexity index is 562. The summed E-state index contributed by atoms with van der Waals surface area (Å²) >= 11 is 0. The Kier molecular flexibility index (Phi) is 4.10. The fraction of sp³-hybridized carbons (Fsp3) is 0.818. The van der Waals surface area contributed by atoms with Crippen LogP contribution >= 0.6 is 0 Å². The van der Waals surface area contributed by atoms with Gasteiger partial charge in [-0.25, -0.2) is 0 Å². The lowest BCUT2D eigenvalue weighted by Crippen LogP contribution is -2.50. The first-order chi connectivity index (χ1) is 11.5.